The Hall–Kier alpha value is 0.651. The van der Waals surface area contributed by atoms with Crippen molar-refractivity contribution in [1.29, 1.82) is 0 Å². The molecule has 0 N–H and O–H groups in total. The van der Waals surface area contributed by atoms with E-state index in [1.54, 1.807) is 0 Å². The van der Waals surface area contributed by atoms with Crippen molar-refractivity contribution in [1.82, 2.24) is 0 Å². The van der Waals surface area contributed by atoms with E-state index in [4.69, 9.17) is 0 Å². The molecule has 0 radical (unpaired) electrons. The zero-order chi connectivity index (χ0) is 13.7. The maximum Gasteiger partial charge on any atom is 0.0275 e. The van der Waals surface area contributed by atoms with Crippen LogP contribution in [0, 0.1) is 0 Å². The Bertz CT molecular complexity index is 275. The van der Waals surface area contributed by atoms with Crippen molar-refractivity contribution in [3.05, 3.63) is 0 Å². The van der Waals surface area contributed by atoms with E-state index in [2.05, 4.69) is 54.6 Å². The topological polar surface area (TPSA) is 0 Å². The van der Waals surface area contributed by atoms with Gasteiger partial charge in [0.15, 0.2) is 0 Å². The highest BCUT2D eigenvalue weighted by atomic mass is 29.1. The Balaban J connectivity index is 5.49. The Labute approximate surface area is 114 Å². The Morgan fingerprint density at radius 3 is 1.12 bits per heavy atom. The first kappa shape index (κ1) is 17.7. The molecule has 0 unspecified atom stereocenters. The van der Waals surface area contributed by atoms with Gasteiger partial charge in [-0.2, -0.15) is 0 Å². The lowest BCUT2D eigenvalue weighted by molar-refractivity contribution is 0.560. The van der Waals surface area contributed by atoms with E-state index < -0.39 is 0 Å². The molecule has 0 fully saturated rings. The first-order valence-electron chi connectivity index (χ1n) is 7.24. The standard InChI is InChI=1S/C14H32Si3/c1-9-13(5,10-2)16(7)15-17(8)14(6,11-3)12-4/h9-12H2,1-8H3. The summed E-state index contributed by atoms with van der Waals surface area (Å²) in [7, 11) is 1.00. The molecule has 0 aromatic heterocycles. The molecular formula is C14H32Si3. The molecule has 0 aromatic carbocycles. The second-order valence-corrected chi connectivity index (χ2v) is 18.6. The first-order valence-corrected chi connectivity index (χ1v) is 14.2. The predicted molar refractivity (Wildman–Crippen MR) is 86.9 cm³/mol. The summed E-state index contributed by atoms with van der Waals surface area (Å²) in [5.74, 6) is 0. The SMILES string of the molecule is CCC(C)(CC)[Si](C)=[Si]=[Si](C)C(C)(CC)CC. The van der Waals surface area contributed by atoms with Crippen LogP contribution < -0.4 is 0 Å². The lowest BCUT2D eigenvalue weighted by Crippen LogP contribution is -2.26. The van der Waals surface area contributed by atoms with Gasteiger partial charge in [0.25, 0.3) is 0 Å². The minimum absolute atomic E-state index is 0.156. The third kappa shape index (κ3) is 4.35. The van der Waals surface area contributed by atoms with Crippen molar-refractivity contribution in [2.24, 2.45) is 0 Å². The van der Waals surface area contributed by atoms with E-state index in [1.807, 2.05) is 0 Å². The number of hydrogen-bond donors (Lipinski definition) is 0. The molecule has 0 aliphatic rings. The van der Waals surface area contributed by atoms with Gasteiger partial charge in [-0.3, -0.25) is 0 Å². The summed E-state index contributed by atoms with van der Waals surface area (Å²) in [6, 6.07) is 0. The molecule has 100 valence electrons. The summed E-state index contributed by atoms with van der Waals surface area (Å²) in [5, 5.41) is 1.36. The molecule has 0 nitrogen and oxygen atoms in total. The molecule has 0 rings (SSSR count). The Morgan fingerprint density at radius 2 is 0.941 bits per heavy atom. The molecule has 0 aromatic rings. The van der Waals surface area contributed by atoms with Crippen LogP contribution in [-0.4, -0.2) is 23.5 Å². The van der Waals surface area contributed by atoms with Crippen LogP contribution in [0.4, 0.5) is 0 Å². The van der Waals surface area contributed by atoms with Gasteiger partial charge in [-0.15, -0.1) is 0 Å². The molecule has 0 atom stereocenters. The Kier molecular flexibility index (Phi) is 7.57. The minimum Gasteiger partial charge on any atom is -0.0976 e. The van der Waals surface area contributed by atoms with E-state index in [-0.39, 0.29) is 15.8 Å². The van der Waals surface area contributed by atoms with Gasteiger partial charge in [-0.25, -0.2) is 0 Å². The van der Waals surface area contributed by atoms with Gasteiger partial charge in [0.2, 0.25) is 0 Å². The second-order valence-electron chi connectivity index (χ2n) is 5.91. The van der Waals surface area contributed by atoms with Gasteiger partial charge in [-0.05, 0) is 10.1 Å². The summed E-state index contributed by atoms with van der Waals surface area (Å²) in [4.78, 5) is 0. The molecule has 0 saturated heterocycles. The molecule has 0 bridgehead atoms. The van der Waals surface area contributed by atoms with Crippen LogP contribution in [0.1, 0.15) is 67.2 Å². The average molecular weight is 285 g/mol. The fourth-order valence-electron chi connectivity index (χ4n) is 2.14. The molecule has 0 aliphatic heterocycles. The zero-order valence-corrected chi connectivity index (χ0v) is 16.3. The molecule has 3 heteroatoms. The van der Waals surface area contributed by atoms with Gasteiger partial charge in [0, 0.05) is 15.8 Å². The molecule has 0 spiro atoms. The van der Waals surface area contributed by atoms with E-state index in [0.29, 0.717) is 10.1 Å². The molecule has 0 amide bonds. The summed E-state index contributed by atoms with van der Waals surface area (Å²) >= 11 is 0. The maximum atomic E-state index is 2.61. The largest absolute Gasteiger partial charge is 0.0976 e. The number of rotatable bonds is 6. The van der Waals surface area contributed by atoms with E-state index in [9.17, 15) is 0 Å². The van der Waals surface area contributed by atoms with Crippen molar-refractivity contribution in [2.75, 3.05) is 0 Å². The summed E-state index contributed by atoms with van der Waals surface area (Å²) in [5.41, 5.74) is 0. The molecule has 17 heavy (non-hydrogen) atoms. The lowest BCUT2D eigenvalue weighted by atomic mass is 10.1. The van der Waals surface area contributed by atoms with Gasteiger partial charge >= 0.3 is 0 Å². The van der Waals surface area contributed by atoms with Gasteiger partial charge < -0.3 is 0 Å². The summed E-state index contributed by atoms with van der Waals surface area (Å²) in [6.07, 6.45) is 5.52. The van der Waals surface area contributed by atoms with E-state index in [0.717, 1.165) is 0 Å². The van der Waals surface area contributed by atoms with Gasteiger partial charge in [0.05, 0.1) is 0 Å². The van der Waals surface area contributed by atoms with Crippen LogP contribution in [0.5, 0.6) is 0 Å². The smallest absolute Gasteiger partial charge is 0.0275 e. The van der Waals surface area contributed by atoms with E-state index >= 15 is 0 Å². The highest BCUT2D eigenvalue weighted by Crippen LogP contribution is 2.35. The van der Waals surface area contributed by atoms with Gasteiger partial charge in [0.1, 0.15) is 0 Å². The van der Waals surface area contributed by atoms with E-state index in [1.165, 1.54) is 33.4 Å². The molecule has 0 saturated carbocycles. The monoisotopic (exact) mass is 284 g/mol. The second kappa shape index (κ2) is 7.29. The number of hydrogen-bond acceptors (Lipinski definition) is 0. The van der Waals surface area contributed by atoms with Crippen molar-refractivity contribution in [3.8, 4) is 0 Å². The third-order valence-corrected chi connectivity index (χ3v) is 23.7. The van der Waals surface area contributed by atoms with Crippen LogP contribution in [0.3, 0.4) is 0 Å². The van der Waals surface area contributed by atoms with Crippen LogP contribution in [0.2, 0.25) is 23.2 Å². The normalized spacial score (nSPS) is 12.2. The zero-order valence-electron chi connectivity index (χ0n) is 13.3. The lowest BCUT2D eigenvalue weighted by Gasteiger charge is -2.29. The van der Waals surface area contributed by atoms with Crippen LogP contribution in [0.25, 0.3) is 0 Å². The first-order chi connectivity index (χ1) is 7.79. The van der Waals surface area contributed by atoms with Crippen molar-refractivity contribution in [3.63, 3.8) is 0 Å². The molecule has 0 aliphatic carbocycles. The maximum absolute atomic E-state index is 2.61. The van der Waals surface area contributed by atoms with Crippen LogP contribution in [0.15, 0.2) is 0 Å². The fourth-order valence-corrected chi connectivity index (χ4v) is 21.5. The average Bonchev–Trinajstić information content (AvgIpc) is 2.36. The highest BCUT2D eigenvalue weighted by molar-refractivity contribution is 7.04. The summed E-state index contributed by atoms with van der Waals surface area (Å²) < 4.78 is 0. The van der Waals surface area contributed by atoms with Crippen molar-refractivity contribution < 1.29 is 0 Å². The Morgan fingerprint density at radius 1 is 0.706 bits per heavy atom. The van der Waals surface area contributed by atoms with Crippen LogP contribution in [-0.2, 0) is 0 Å². The van der Waals surface area contributed by atoms with Crippen molar-refractivity contribution >= 4 is 23.5 Å². The quantitative estimate of drug-likeness (QED) is 0.596. The fraction of sp³-hybridized carbons (Fsp3) is 1.00. The minimum atomic E-state index is -0.156. The van der Waals surface area contributed by atoms with Gasteiger partial charge in [-0.1, -0.05) is 88.0 Å². The van der Waals surface area contributed by atoms with Crippen molar-refractivity contribution in [2.45, 2.75) is 90.4 Å². The molecule has 0 heterocycles. The highest BCUT2D eigenvalue weighted by Gasteiger charge is 2.25. The molecular weight excluding hydrogens is 252 g/mol. The summed E-state index contributed by atoms with van der Waals surface area (Å²) in [6.45, 7) is 19.9. The third-order valence-electron chi connectivity index (χ3n) is 5.31. The van der Waals surface area contributed by atoms with Crippen LogP contribution >= 0.6 is 0 Å². The predicted octanol–water partition coefficient (Wildman–Crippen LogP) is 5.09.